The zero-order valence-electron chi connectivity index (χ0n) is 17.8. The molecule has 0 aliphatic heterocycles. The average molecular weight is 455 g/mol. The van der Waals surface area contributed by atoms with Crippen molar-refractivity contribution in [2.45, 2.75) is 26.9 Å². The molecule has 32 heavy (non-hydrogen) atoms. The molecule has 166 valence electrons. The summed E-state index contributed by atoms with van der Waals surface area (Å²) >= 11 is 1.03. The van der Waals surface area contributed by atoms with E-state index in [9.17, 15) is 19.2 Å². The number of hydrogen-bond donors (Lipinski definition) is 2. The number of Topliss-reactive ketones (excluding diaryl/α,β-unsaturated/α-hetero) is 2. The summed E-state index contributed by atoms with van der Waals surface area (Å²) in [4.78, 5) is 50.8. The van der Waals surface area contributed by atoms with E-state index in [-0.39, 0.29) is 28.7 Å². The first-order chi connectivity index (χ1) is 15.3. The van der Waals surface area contributed by atoms with E-state index in [0.29, 0.717) is 16.0 Å². The van der Waals surface area contributed by atoms with E-state index in [1.54, 1.807) is 50.2 Å². The molecule has 0 fully saturated rings. The number of carbonyl (C=O) groups excluding carboxylic acids is 4. The Kier molecular flexibility index (Phi) is 7.21. The highest BCUT2D eigenvalue weighted by Gasteiger charge is 2.29. The molecular formula is C23H22N2O6S. The van der Waals surface area contributed by atoms with Crippen molar-refractivity contribution in [3.05, 3.63) is 76.1 Å². The number of ketones is 2. The lowest BCUT2D eigenvalue weighted by Gasteiger charge is -2.20. The van der Waals surface area contributed by atoms with Gasteiger partial charge in [0.1, 0.15) is 5.00 Å². The molecule has 0 radical (unpaired) electrons. The van der Waals surface area contributed by atoms with Crippen LogP contribution in [0.1, 0.15) is 60.4 Å². The van der Waals surface area contributed by atoms with Gasteiger partial charge in [-0.15, -0.1) is 11.3 Å². The summed E-state index contributed by atoms with van der Waals surface area (Å²) in [6.45, 7) is 4.84. The van der Waals surface area contributed by atoms with Crippen LogP contribution in [0.15, 0.2) is 53.1 Å². The maximum Gasteiger partial charge on any atom is 0.341 e. The maximum absolute atomic E-state index is 13.2. The van der Waals surface area contributed by atoms with Crippen molar-refractivity contribution in [1.82, 2.24) is 5.32 Å². The third kappa shape index (κ3) is 4.94. The Morgan fingerprint density at radius 2 is 1.81 bits per heavy atom. The highest BCUT2D eigenvalue weighted by atomic mass is 32.1. The van der Waals surface area contributed by atoms with Crippen LogP contribution in [0.4, 0.5) is 5.00 Å². The van der Waals surface area contributed by atoms with E-state index in [2.05, 4.69) is 10.6 Å². The molecule has 0 spiro atoms. The summed E-state index contributed by atoms with van der Waals surface area (Å²) in [5, 5.41) is 5.79. The van der Waals surface area contributed by atoms with Gasteiger partial charge in [-0.2, -0.15) is 0 Å². The second-order valence-electron chi connectivity index (χ2n) is 6.80. The summed E-state index contributed by atoms with van der Waals surface area (Å²) in [7, 11) is 0. The lowest BCUT2D eigenvalue weighted by Crippen LogP contribution is -2.46. The van der Waals surface area contributed by atoms with Crippen molar-refractivity contribution < 1.29 is 28.3 Å². The van der Waals surface area contributed by atoms with Gasteiger partial charge in [0.15, 0.2) is 17.7 Å². The molecule has 1 atom stereocenters. The number of amides is 1. The number of hydrogen-bond acceptors (Lipinski definition) is 8. The second-order valence-corrected chi connectivity index (χ2v) is 7.82. The van der Waals surface area contributed by atoms with Crippen molar-refractivity contribution in [3.8, 4) is 0 Å². The average Bonchev–Trinajstić information content (AvgIpc) is 3.42. The summed E-state index contributed by atoms with van der Waals surface area (Å²) in [6, 6.07) is 11.4. The Labute approximate surface area is 188 Å². The molecular weight excluding hydrogens is 432 g/mol. The van der Waals surface area contributed by atoms with Gasteiger partial charge in [-0.1, -0.05) is 30.3 Å². The number of esters is 1. The van der Waals surface area contributed by atoms with E-state index in [1.165, 1.54) is 19.3 Å². The molecule has 3 aromatic rings. The third-order valence-corrected chi connectivity index (χ3v) is 5.89. The van der Waals surface area contributed by atoms with Crippen molar-refractivity contribution in [1.29, 1.82) is 0 Å². The number of anilines is 1. The van der Waals surface area contributed by atoms with Crippen molar-refractivity contribution in [3.63, 3.8) is 0 Å². The molecule has 2 aromatic heterocycles. The number of thiophene rings is 1. The van der Waals surface area contributed by atoms with Gasteiger partial charge in [0.2, 0.25) is 5.78 Å². The number of benzene rings is 1. The van der Waals surface area contributed by atoms with Crippen LogP contribution in [0.5, 0.6) is 0 Å². The molecule has 9 heteroatoms. The topological polar surface area (TPSA) is 115 Å². The first-order valence-corrected chi connectivity index (χ1v) is 10.7. The predicted molar refractivity (Wildman–Crippen MR) is 119 cm³/mol. The first-order valence-electron chi connectivity index (χ1n) is 9.85. The Hall–Kier alpha value is -3.72. The zero-order valence-corrected chi connectivity index (χ0v) is 18.6. The number of rotatable bonds is 9. The molecule has 0 saturated heterocycles. The number of nitrogens with one attached hydrogen (secondary N) is 2. The number of furan rings is 1. The molecule has 2 heterocycles. The zero-order chi connectivity index (χ0) is 23.3. The largest absolute Gasteiger partial charge is 0.462 e. The van der Waals surface area contributed by atoms with Gasteiger partial charge in [0.05, 0.1) is 23.3 Å². The van der Waals surface area contributed by atoms with Crippen molar-refractivity contribution >= 4 is 39.8 Å². The van der Waals surface area contributed by atoms with E-state index >= 15 is 0 Å². The predicted octanol–water partition coefficient (Wildman–Crippen LogP) is 4.08. The van der Waals surface area contributed by atoms with Gasteiger partial charge in [0, 0.05) is 5.56 Å². The standard InChI is InChI=1S/C23H22N2O6S/c1-4-30-23(29)17-13(2)19(14(3)26)32-22(17)25-20(18(27)15-9-6-5-7-10-15)24-21(28)16-11-8-12-31-16/h5-12,20,25H,4H2,1-3H3,(H,24,28)/t20-/m1/s1. The van der Waals surface area contributed by atoms with Crippen LogP contribution in [0, 0.1) is 6.92 Å². The van der Waals surface area contributed by atoms with Gasteiger partial charge in [-0.05, 0) is 38.5 Å². The fourth-order valence-electron chi connectivity index (χ4n) is 3.08. The summed E-state index contributed by atoms with van der Waals surface area (Å²) in [5.74, 6) is -1.88. The summed E-state index contributed by atoms with van der Waals surface area (Å²) in [6.07, 6.45) is 0.109. The van der Waals surface area contributed by atoms with Crippen LogP contribution < -0.4 is 10.6 Å². The van der Waals surface area contributed by atoms with E-state index in [1.807, 2.05) is 0 Å². The molecule has 8 nitrogen and oxygen atoms in total. The monoisotopic (exact) mass is 454 g/mol. The van der Waals surface area contributed by atoms with Crippen LogP contribution >= 0.6 is 11.3 Å². The summed E-state index contributed by atoms with van der Waals surface area (Å²) in [5.41, 5.74) is 0.953. The first kappa shape index (κ1) is 23.0. The number of ether oxygens (including phenoxy) is 1. The van der Waals surface area contributed by atoms with Crippen LogP contribution in [-0.2, 0) is 4.74 Å². The van der Waals surface area contributed by atoms with Crippen LogP contribution in [0.2, 0.25) is 0 Å². The normalized spacial score (nSPS) is 11.5. The summed E-state index contributed by atoms with van der Waals surface area (Å²) < 4.78 is 10.3. The Balaban J connectivity index is 2.01. The smallest absolute Gasteiger partial charge is 0.341 e. The minimum absolute atomic E-state index is 0.0232. The van der Waals surface area contributed by atoms with Gasteiger partial charge in [-0.25, -0.2) is 4.79 Å². The van der Waals surface area contributed by atoms with E-state index < -0.39 is 23.8 Å². The molecule has 0 bridgehead atoms. The molecule has 0 aliphatic carbocycles. The van der Waals surface area contributed by atoms with Crippen molar-refractivity contribution in [2.75, 3.05) is 11.9 Å². The minimum Gasteiger partial charge on any atom is -0.462 e. The minimum atomic E-state index is -1.24. The lowest BCUT2D eigenvalue weighted by molar-refractivity contribution is 0.0526. The fourth-order valence-corrected chi connectivity index (χ4v) is 4.20. The molecule has 0 unspecified atom stereocenters. The third-order valence-electron chi connectivity index (χ3n) is 4.56. The Bertz CT molecular complexity index is 1130. The molecule has 0 saturated carbocycles. The lowest BCUT2D eigenvalue weighted by atomic mass is 10.1. The molecule has 1 aromatic carbocycles. The molecule has 3 rings (SSSR count). The van der Waals surface area contributed by atoms with Crippen LogP contribution in [-0.4, -0.2) is 36.2 Å². The van der Waals surface area contributed by atoms with E-state index in [0.717, 1.165) is 11.3 Å². The van der Waals surface area contributed by atoms with Gasteiger partial charge in [0.25, 0.3) is 5.91 Å². The van der Waals surface area contributed by atoms with Gasteiger partial charge < -0.3 is 19.8 Å². The van der Waals surface area contributed by atoms with Gasteiger partial charge >= 0.3 is 5.97 Å². The van der Waals surface area contributed by atoms with Crippen LogP contribution in [0.25, 0.3) is 0 Å². The van der Waals surface area contributed by atoms with E-state index in [4.69, 9.17) is 9.15 Å². The fraction of sp³-hybridized carbons (Fsp3) is 0.217. The quantitative estimate of drug-likeness (QED) is 0.284. The molecule has 0 aliphatic rings. The van der Waals surface area contributed by atoms with Gasteiger partial charge in [-0.3, -0.25) is 14.4 Å². The highest BCUT2D eigenvalue weighted by Crippen LogP contribution is 2.34. The second kappa shape index (κ2) is 10.1. The Morgan fingerprint density at radius 1 is 1.09 bits per heavy atom. The molecule has 2 N–H and O–H groups in total. The SMILES string of the molecule is CCOC(=O)c1c(N[C@@H](NC(=O)c2ccco2)C(=O)c2ccccc2)sc(C(C)=O)c1C. The Morgan fingerprint density at radius 3 is 2.41 bits per heavy atom. The van der Waals surface area contributed by atoms with Crippen LogP contribution in [0.3, 0.4) is 0 Å². The molecule has 1 amide bonds. The van der Waals surface area contributed by atoms with Crippen molar-refractivity contribution in [2.24, 2.45) is 0 Å². The maximum atomic E-state index is 13.2. The number of carbonyl (C=O) groups is 4. The highest BCUT2D eigenvalue weighted by molar-refractivity contribution is 7.18.